The van der Waals surface area contributed by atoms with Crippen LogP contribution in [0.1, 0.15) is 32.4 Å². The maximum Gasteiger partial charge on any atom is 0.176 e. The maximum absolute atomic E-state index is 10.0. The van der Waals surface area contributed by atoms with E-state index >= 15 is 0 Å². The highest BCUT2D eigenvalue weighted by Crippen LogP contribution is 2.36. The SMILES string of the molecule is CCCC=CSc1nc2c(N)ncnc2n1[C@H]1CC(O)[C@@H](CO)O1. The highest BCUT2D eigenvalue weighted by molar-refractivity contribution is 8.02. The lowest BCUT2D eigenvalue weighted by Gasteiger charge is -2.15. The number of aliphatic hydroxyl groups is 2. The minimum Gasteiger partial charge on any atom is -0.394 e. The van der Waals surface area contributed by atoms with Crippen LogP contribution in [0.3, 0.4) is 0 Å². The van der Waals surface area contributed by atoms with Crippen LogP contribution in [0.5, 0.6) is 0 Å². The summed E-state index contributed by atoms with van der Waals surface area (Å²) in [7, 11) is 0. The molecule has 0 amide bonds. The molecule has 24 heavy (non-hydrogen) atoms. The average Bonchev–Trinajstić information content (AvgIpc) is 3.12. The Labute approximate surface area is 143 Å². The highest BCUT2D eigenvalue weighted by Gasteiger charge is 2.36. The number of nitrogen functional groups attached to an aromatic ring is 1. The van der Waals surface area contributed by atoms with Crippen LogP contribution in [0.4, 0.5) is 5.82 Å². The Balaban J connectivity index is 1.99. The number of imidazole rings is 1. The summed E-state index contributed by atoms with van der Waals surface area (Å²) in [5.74, 6) is 0.301. The molecule has 8 nitrogen and oxygen atoms in total. The van der Waals surface area contributed by atoms with Crippen molar-refractivity contribution in [2.45, 2.75) is 49.8 Å². The van der Waals surface area contributed by atoms with Gasteiger partial charge in [0.2, 0.25) is 0 Å². The van der Waals surface area contributed by atoms with Crippen LogP contribution in [0.2, 0.25) is 0 Å². The summed E-state index contributed by atoms with van der Waals surface area (Å²) in [5.41, 5.74) is 6.98. The Morgan fingerprint density at radius 1 is 1.50 bits per heavy atom. The largest absolute Gasteiger partial charge is 0.394 e. The number of ether oxygens (including phenoxy) is 1. The molecule has 130 valence electrons. The molecule has 3 rings (SSSR count). The van der Waals surface area contributed by atoms with Gasteiger partial charge in [0.15, 0.2) is 22.1 Å². The fraction of sp³-hybridized carbons (Fsp3) is 0.533. The Bertz CT molecular complexity index is 735. The molecule has 2 aromatic rings. The molecule has 0 aromatic carbocycles. The summed E-state index contributed by atoms with van der Waals surface area (Å²) < 4.78 is 7.58. The number of hydrogen-bond acceptors (Lipinski definition) is 8. The molecule has 0 aliphatic carbocycles. The molecule has 0 bridgehead atoms. The number of anilines is 1. The zero-order chi connectivity index (χ0) is 17.1. The number of hydrogen-bond donors (Lipinski definition) is 3. The summed E-state index contributed by atoms with van der Waals surface area (Å²) in [6.07, 6.45) is 4.06. The quantitative estimate of drug-likeness (QED) is 0.669. The molecule has 0 saturated carbocycles. The lowest BCUT2D eigenvalue weighted by atomic mass is 10.2. The zero-order valence-electron chi connectivity index (χ0n) is 13.4. The summed E-state index contributed by atoms with van der Waals surface area (Å²) >= 11 is 1.44. The fourth-order valence-corrected chi connectivity index (χ4v) is 3.45. The van der Waals surface area contributed by atoms with Crippen LogP contribution in [0.25, 0.3) is 11.2 Å². The predicted molar refractivity (Wildman–Crippen MR) is 91.3 cm³/mol. The maximum atomic E-state index is 10.0. The van der Waals surface area contributed by atoms with Gasteiger partial charge in [-0.05, 0) is 11.8 Å². The van der Waals surface area contributed by atoms with E-state index in [1.165, 1.54) is 18.1 Å². The second-order valence-electron chi connectivity index (χ2n) is 5.59. The number of rotatable bonds is 6. The molecule has 0 spiro atoms. The molecule has 1 aliphatic heterocycles. The number of allylic oxidation sites excluding steroid dienone is 1. The smallest absolute Gasteiger partial charge is 0.176 e. The van der Waals surface area contributed by atoms with E-state index in [0.29, 0.717) is 28.6 Å². The summed E-state index contributed by atoms with van der Waals surface area (Å²) in [4.78, 5) is 12.8. The number of unbranched alkanes of at least 4 members (excludes halogenated alkanes) is 1. The highest BCUT2D eigenvalue weighted by atomic mass is 32.2. The van der Waals surface area contributed by atoms with Crippen LogP contribution >= 0.6 is 11.8 Å². The van der Waals surface area contributed by atoms with Crippen molar-refractivity contribution in [2.24, 2.45) is 0 Å². The van der Waals surface area contributed by atoms with Crippen molar-refractivity contribution in [1.82, 2.24) is 19.5 Å². The second-order valence-corrected chi connectivity index (χ2v) is 6.46. The molecule has 1 fully saturated rings. The van der Waals surface area contributed by atoms with E-state index in [0.717, 1.165) is 12.8 Å². The number of fused-ring (bicyclic) bond motifs is 1. The van der Waals surface area contributed by atoms with Crippen molar-refractivity contribution < 1.29 is 14.9 Å². The molecule has 2 aromatic heterocycles. The van der Waals surface area contributed by atoms with E-state index in [1.54, 1.807) is 0 Å². The van der Waals surface area contributed by atoms with Gasteiger partial charge in [0.25, 0.3) is 0 Å². The van der Waals surface area contributed by atoms with Gasteiger partial charge >= 0.3 is 0 Å². The van der Waals surface area contributed by atoms with Crippen molar-refractivity contribution in [3.8, 4) is 0 Å². The molecule has 9 heteroatoms. The summed E-state index contributed by atoms with van der Waals surface area (Å²) in [6, 6.07) is 0. The summed E-state index contributed by atoms with van der Waals surface area (Å²) in [6.45, 7) is 1.88. The van der Waals surface area contributed by atoms with Crippen LogP contribution in [-0.4, -0.2) is 48.5 Å². The van der Waals surface area contributed by atoms with Gasteiger partial charge in [-0.3, -0.25) is 4.57 Å². The van der Waals surface area contributed by atoms with E-state index in [1.807, 2.05) is 9.98 Å². The molecule has 1 aliphatic rings. The molecule has 1 unspecified atom stereocenters. The van der Waals surface area contributed by atoms with Gasteiger partial charge in [-0.1, -0.05) is 31.2 Å². The first kappa shape index (κ1) is 17.2. The first-order chi connectivity index (χ1) is 11.7. The van der Waals surface area contributed by atoms with E-state index in [-0.39, 0.29) is 6.61 Å². The Hall–Kier alpha value is -1.68. The minimum atomic E-state index is -0.731. The van der Waals surface area contributed by atoms with Crippen molar-refractivity contribution >= 4 is 28.7 Å². The standard InChI is InChI=1S/C15H21N5O3S/c1-2-3-4-5-24-15-19-12-13(16)17-8-18-14(12)20(15)11-6-9(22)10(7-21)23-11/h4-5,8-11,21-22H,2-3,6-7H2,1H3,(H2,16,17,18)/t9?,10-,11-/m1/s1. The van der Waals surface area contributed by atoms with Crippen LogP contribution in [0, 0.1) is 0 Å². The average molecular weight is 351 g/mol. The van der Waals surface area contributed by atoms with E-state index in [4.69, 9.17) is 10.5 Å². The van der Waals surface area contributed by atoms with Gasteiger partial charge in [0.1, 0.15) is 18.7 Å². The Morgan fingerprint density at radius 2 is 2.33 bits per heavy atom. The summed E-state index contributed by atoms with van der Waals surface area (Å²) in [5, 5.41) is 22.0. The van der Waals surface area contributed by atoms with Gasteiger partial charge in [0.05, 0.1) is 12.7 Å². The van der Waals surface area contributed by atoms with E-state index in [9.17, 15) is 10.2 Å². The van der Waals surface area contributed by atoms with Crippen molar-refractivity contribution in [1.29, 1.82) is 0 Å². The third-order valence-corrected chi connectivity index (χ3v) is 4.70. The van der Waals surface area contributed by atoms with Crippen molar-refractivity contribution in [3.63, 3.8) is 0 Å². The van der Waals surface area contributed by atoms with Gasteiger partial charge in [0, 0.05) is 6.42 Å². The number of thioether (sulfide) groups is 1. The topological polar surface area (TPSA) is 119 Å². The zero-order valence-corrected chi connectivity index (χ0v) is 14.2. The third-order valence-electron chi connectivity index (χ3n) is 3.87. The van der Waals surface area contributed by atoms with Crippen LogP contribution in [-0.2, 0) is 4.74 Å². The van der Waals surface area contributed by atoms with E-state index in [2.05, 4.69) is 28.0 Å². The van der Waals surface area contributed by atoms with Gasteiger partial charge in [-0.25, -0.2) is 15.0 Å². The Morgan fingerprint density at radius 3 is 3.04 bits per heavy atom. The molecule has 1 saturated heterocycles. The van der Waals surface area contributed by atoms with Gasteiger partial charge < -0.3 is 20.7 Å². The monoisotopic (exact) mass is 351 g/mol. The van der Waals surface area contributed by atoms with Gasteiger partial charge in [-0.2, -0.15) is 0 Å². The van der Waals surface area contributed by atoms with Crippen molar-refractivity contribution in [2.75, 3.05) is 12.3 Å². The number of aliphatic hydroxyl groups excluding tert-OH is 2. The minimum absolute atomic E-state index is 0.236. The van der Waals surface area contributed by atoms with Crippen LogP contribution < -0.4 is 5.73 Å². The normalized spacial score (nSPS) is 24.4. The lowest BCUT2D eigenvalue weighted by Crippen LogP contribution is -2.24. The van der Waals surface area contributed by atoms with Gasteiger partial charge in [-0.15, -0.1) is 0 Å². The molecule has 3 heterocycles. The number of nitrogens with two attached hydrogens (primary N) is 1. The third kappa shape index (κ3) is 3.25. The second kappa shape index (κ2) is 7.47. The lowest BCUT2D eigenvalue weighted by molar-refractivity contribution is -0.0457. The molecule has 3 atom stereocenters. The molecule has 4 N–H and O–H groups in total. The molecular formula is C15H21N5O3S. The fourth-order valence-electron chi connectivity index (χ4n) is 2.63. The first-order valence-corrected chi connectivity index (χ1v) is 8.78. The van der Waals surface area contributed by atoms with E-state index < -0.39 is 18.4 Å². The number of aromatic nitrogens is 4. The predicted octanol–water partition coefficient (Wildman–Crippen LogP) is 1.46. The number of nitrogens with zero attached hydrogens (tertiary/aromatic N) is 4. The molecular weight excluding hydrogens is 330 g/mol. The molecule has 0 radical (unpaired) electrons. The Kier molecular flexibility index (Phi) is 5.34. The van der Waals surface area contributed by atoms with Crippen molar-refractivity contribution in [3.05, 3.63) is 17.8 Å². The first-order valence-electron chi connectivity index (χ1n) is 7.90. The van der Waals surface area contributed by atoms with Crippen LogP contribution in [0.15, 0.2) is 23.0 Å².